The number of hydrogen-bond acceptors (Lipinski definition) is 1. The summed E-state index contributed by atoms with van der Waals surface area (Å²) in [5, 5.41) is 6.63. The molecule has 2 aromatic rings. The lowest BCUT2D eigenvalue weighted by molar-refractivity contribution is 0.792. The maximum Gasteiger partial charge on any atom is 0.0598 e. The minimum Gasteiger partial charge on any atom is -0.319 e. The van der Waals surface area contributed by atoms with E-state index in [9.17, 15) is 0 Å². The van der Waals surface area contributed by atoms with Crippen LogP contribution in [-0.4, -0.2) is 13.6 Å². The third-order valence-electron chi connectivity index (χ3n) is 2.61. The first kappa shape index (κ1) is 11.7. The average Bonchev–Trinajstić information content (AvgIpc) is 2.28. The zero-order chi connectivity index (χ0) is 11.5. The van der Waals surface area contributed by atoms with Gasteiger partial charge in [0.05, 0.1) is 10.0 Å². The summed E-state index contributed by atoms with van der Waals surface area (Å²) in [5.74, 6) is 0. The highest BCUT2D eigenvalue weighted by Gasteiger charge is 2.02. The van der Waals surface area contributed by atoms with E-state index in [0.717, 1.165) is 23.7 Å². The second-order valence-corrected chi connectivity index (χ2v) is 4.62. The van der Waals surface area contributed by atoms with Gasteiger partial charge in [-0.25, -0.2) is 0 Å². The van der Waals surface area contributed by atoms with E-state index in [1.54, 1.807) is 0 Å². The van der Waals surface area contributed by atoms with Gasteiger partial charge in [0.15, 0.2) is 0 Å². The van der Waals surface area contributed by atoms with Crippen molar-refractivity contribution in [2.24, 2.45) is 0 Å². The van der Waals surface area contributed by atoms with Crippen LogP contribution in [0, 0.1) is 0 Å². The molecule has 84 valence electrons. The molecule has 3 heteroatoms. The second-order valence-electron chi connectivity index (χ2n) is 3.80. The van der Waals surface area contributed by atoms with Gasteiger partial charge in [0.25, 0.3) is 0 Å². The molecule has 0 radical (unpaired) electrons. The smallest absolute Gasteiger partial charge is 0.0598 e. The molecule has 0 aliphatic heterocycles. The molecule has 0 spiro atoms. The molecule has 0 saturated heterocycles. The van der Waals surface area contributed by atoms with Crippen LogP contribution >= 0.6 is 23.2 Å². The number of likely N-dealkylation sites (N-methyl/N-ethyl adjacent to an activating group) is 1. The standard InChI is InChI=1S/C13H13Cl2N/c1-16-5-4-9-2-3-10-7-12(14)13(15)8-11(10)6-9/h2-3,6-8,16H,4-5H2,1H3. The highest BCUT2D eigenvalue weighted by Crippen LogP contribution is 2.28. The van der Waals surface area contributed by atoms with Gasteiger partial charge in [0.2, 0.25) is 0 Å². The van der Waals surface area contributed by atoms with Crippen LogP contribution in [0.2, 0.25) is 10.0 Å². The quantitative estimate of drug-likeness (QED) is 0.875. The molecular weight excluding hydrogens is 241 g/mol. The van der Waals surface area contributed by atoms with Crippen molar-refractivity contribution in [3.8, 4) is 0 Å². The van der Waals surface area contributed by atoms with Crippen LogP contribution in [0.25, 0.3) is 10.8 Å². The largest absolute Gasteiger partial charge is 0.319 e. The van der Waals surface area contributed by atoms with Crippen molar-refractivity contribution in [2.75, 3.05) is 13.6 Å². The molecule has 1 N–H and O–H groups in total. The summed E-state index contributed by atoms with van der Waals surface area (Å²) < 4.78 is 0. The highest BCUT2D eigenvalue weighted by atomic mass is 35.5. The minimum absolute atomic E-state index is 0.608. The molecule has 1 nitrogen and oxygen atoms in total. The maximum absolute atomic E-state index is 6.00. The van der Waals surface area contributed by atoms with Crippen LogP contribution in [0.1, 0.15) is 5.56 Å². The molecule has 0 atom stereocenters. The topological polar surface area (TPSA) is 12.0 Å². The van der Waals surface area contributed by atoms with Gasteiger partial charge in [0, 0.05) is 0 Å². The molecule has 0 saturated carbocycles. The molecule has 0 aliphatic rings. The maximum atomic E-state index is 6.00. The summed E-state index contributed by atoms with van der Waals surface area (Å²) in [6, 6.07) is 10.2. The van der Waals surface area contributed by atoms with Crippen molar-refractivity contribution in [3.05, 3.63) is 45.9 Å². The third-order valence-corrected chi connectivity index (χ3v) is 3.33. The van der Waals surface area contributed by atoms with Gasteiger partial charge in [-0.1, -0.05) is 41.4 Å². The molecule has 16 heavy (non-hydrogen) atoms. The third kappa shape index (κ3) is 2.49. The lowest BCUT2D eigenvalue weighted by atomic mass is 10.1. The van der Waals surface area contributed by atoms with Crippen molar-refractivity contribution in [1.29, 1.82) is 0 Å². The van der Waals surface area contributed by atoms with E-state index in [-0.39, 0.29) is 0 Å². The molecule has 0 bridgehead atoms. The summed E-state index contributed by atoms with van der Waals surface area (Å²) in [7, 11) is 1.96. The number of rotatable bonds is 3. The van der Waals surface area contributed by atoms with Crippen molar-refractivity contribution >= 4 is 34.0 Å². The van der Waals surface area contributed by atoms with Gasteiger partial charge in [-0.2, -0.15) is 0 Å². The van der Waals surface area contributed by atoms with Crippen molar-refractivity contribution < 1.29 is 0 Å². The molecule has 0 fully saturated rings. The average molecular weight is 254 g/mol. The molecule has 2 rings (SSSR count). The second kappa shape index (κ2) is 5.05. The van der Waals surface area contributed by atoms with Crippen molar-refractivity contribution in [1.82, 2.24) is 5.32 Å². The van der Waals surface area contributed by atoms with Gasteiger partial charge in [-0.15, -0.1) is 0 Å². The zero-order valence-corrected chi connectivity index (χ0v) is 10.6. The molecule has 0 aromatic heterocycles. The fraction of sp³-hybridized carbons (Fsp3) is 0.231. The number of benzene rings is 2. The Morgan fingerprint density at radius 2 is 1.69 bits per heavy atom. The summed E-state index contributed by atoms with van der Waals surface area (Å²) in [6.07, 6.45) is 1.02. The Kier molecular flexibility index (Phi) is 3.70. The Bertz CT molecular complexity index is 509. The van der Waals surface area contributed by atoms with E-state index >= 15 is 0 Å². The van der Waals surface area contributed by atoms with Crippen LogP contribution in [-0.2, 0) is 6.42 Å². The number of nitrogens with one attached hydrogen (secondary N) is 1. The van der Waals surface area contributed by atoms with E-state index in [4.69, 9.17) is 23.2 Å². The van der Waals surface area contributed by atoms with Gasteiger partial charge in [-0.05, 0) is 48.5 Å². The predicted octanol–water partition coefficient (Wildman–Crippen LogP) is 3.91. The fourth-order valence-corrected chi connectivity index (χ4v) is 2.06. The molecule has 0 heterocycles. The minimum atomic E-state index is 0.608. The molecule has 2 aromatic carbocycles. The van der Waals surface area contributed by atoms with Crippen LogP contribution in [0.3, 0.4) is 0 Å². The van der Waals surface area contributed by atoms with Crippen LogP contribution in [0.5, 0.6) is 0 Å². The molecule has 0 unspecified atom stereocenters. The summed E-state index contributed by atoms with van der Waals surface area (Å²) in [5.41, 5.74) is 1.31. The lowest BCUT2D eigenvalue weighted by Crippen LogP contribution is -2.10. The Balaban J connectivity index is 2.41. The van der Waals surface area contributed by atoms with Gasteiger partial charge in [-0.3, -0.25) is 0 Å². The number of fused-ring (bicyclic) bond motifs is 1. The Morgan fingerprint density at radius 1 is 1.00 bits per heavy atom. The van der Waals surface area contributed by atoms with Crippen molar-refractivity contribution in [2.45, 2.75) is 6.42 Å². The molecular formula is C13H13Cl2N. The van der Waals surface area contributed by atoms with E-state index in [0.29, 0.717) is 10.0 Å². The zero-order valence-electron chi connectivity index (χ0n) is 9.06. The first-order valence-corrected chi connectivity index (χ1v) is 5.98. The Morgan fingerprint density at radius 3 is 2.38 bits per heavy atom. The summed E-state index contributed by atoms with van der Waals surface area (Å²) in [6.45, 7) is 0.979. The van der Waals surface area contributed by atoms with E-state index in [1.165, 1.54) is 5.56 Å². The normalized spacial score (nSPS) is 10.9. The first-order chi connectivity index (χ1) is 7.70. The van der Waals surface area contributed by atoms with Crippen LogP contribution < -0.4 is 5.32 Å². The van der Waals surface area contributed by atoms with Gasteiger partial charge in [0.1, 0.15) is 0 Å². The van der Waals surface area contributed by atoms with Crippen LogP contribution in [0.4, 0.5) is 0 Å². The first-order valence-electron chi connectivity index (χ1n) is 5.23. The summed E-state index contributed by atoms with van der Waals surface area (Å²) >= 11 is 12.0. The summed E-state index contributed by atoms with van der Waals surface area (Å²) in [4.78, 5) is 0. The SMILES string of the molecule is CNCCc1ccc2cc(Cl)c(Cl)cc2c1. The molecule has 0 aliphatic carbocycles. The molecule has 0 amide bonds. The van der Waals surface area contributed by atoms with E-state index < -0.39 is 0 Å². The monoisotopic (exact) mass is 253 g/mol. The highest BCUT2D eigenvalue weighted by molar-refractivity contribution is 6.42. The van der Waals surface area contributed by atoms with Gasteiger partial charge >= 0.3 is 0 Å². The fourth-order valence-electron chi connectivity index (χ4n) is 1.72. The van der Waals surface area contributed by atoms with Crippen LogP contribution in [0.15, 0.2) is 30.3 Å². The van der Waals surface area contributed by atoms with Crippen molar-refractivity contribution in [3.63, 3.8) is 0 Å². The number of hydrogen-bond donors (Lipinski definition) is 1. The van der Waals surface area contributed by atoms with E-state index in [1.807, 2.05) is 19.2 Å². The lowest BCUT2D eigenvalue weighted by Gasteiger charge is -2.05. The van der Waals surface area contributed by atoms with Gasteiger partial charge < -0.3 is 5.32 Å². The predicted molar refractivity (Wildman–Crippen MR) is 71.6 cm³/mol. The Labute approximate surface area is 105 Å². The van der Waals surface area contributed by atoms with E-state index in [2.05, 4.69) is 23.5 Å². The Hall–Kier alpha value is -0.760. The number of halogens is 2.